The molecule has 25 heavy (non-hydrogen) atoms. The summed E-state index contributed by atoms with van der Waals surface area (Å²) in [5, 5.41) is 10.4. The van der Waals surface area contributed by atoms with Gasteiger partial charge in [0.15, 0.2) is 0 Å². The van der Waals surface area contributed by atoms with Gasteiger partial charge in [-0.3, -0.25) is 4.79 Å². The maximum absolute atomic E-state index is 11.9. The molecule has 0 fully saturated rings. The Morgan fingerprint density at radius 2 is 1.96 bits per heavy atom. The quantitative estimate of drug-likeness (QED) is 0.856. The molecule has 1 aliphatic heterocycles. The van der Waals surface area contributed by atoms with Gasteiger partial charge in [0.2, 0.25) is 5.91 Å². The van der Waals surface area contributed by atoms with Crippen molar-refractivity contribution in [2.75, 3.05) is 19.7 Å². The van der Waals surface area contributed by atoms with E-state index < -0.39 is 6.61 Å². The second-order valence-electron chi connectivity index (χ2n) is 6.42. The van der Waals surface area contributed by atoms with Crippen LogP contribution in [-0.4, -0.2) is 35.6 Å². The molecule has 0 atom stereocenters. The van der Waals surface area contributed by atoms with E-state index in [2.05, 4.69) is 12.1 Å². The number of carbonyl (C=O) groups is 1. The largest absolute Gasteiger partial charge is 0.387 e. The monoisotopic (exact) mass is 373 g/mol. The first-order valence-corrected chi connectivity index (χ1v) is 9.02. The van der Waals surface area contributed by atoms with Gasteiger partial charge in [-0.15, -0.1) is 0 Å². The van der Waals surface area contributed by atoms with Gasteiger partial charge in [-0.2, -0.15) is 0 Å². The summed E-state index contributed by atoms with van der Waals surface area (Å²) in [7, 11) is 0. The van der Waals surface area contributed by atoms with E-state index in [-0.39, 0.29) is 5.91 Å². The summed E-state index contributed by atoms with van der Waals surface area (Å²) in [6.07, 6.45) is 1.59. The third-order valence-corrected chi connectivity index (χ3v) is 5.87. The number of amides is 1. The van der Waals surface area contributed by atoms with Gasteiger partial charge < -0.3 is 10.0 Å². The number of aliphatic hydroxyl groups excluding tert-OH is 1. The molecule has 4 rings (SSSR count). The molecule has 2 aliphatic rings. The van der Waals surface area contributed by atoms with Crippen molar-refractivity contribution in [3.8, 4) is 11.1 Å². The highest BCUT2D eigenvalue weighted by molar-refractivity contribution is 6.43. The van der Waals surface area contributed by atoms with Crippen LogP contribution in [0.25, 0.3) is 16.7 Å². The van der Waals surface area contributed by atoms with E-state index in [9.17, 15) is 9.90 Å². The standard InChI is InChI=1S/C20H17Cl2NO2/c21-17-9-14(12-4-2-1-3-5-12)19-15(20(17)22)8-13-6-7-23(10-16(13)19)18(25)11-24/h1-5,9,24H,6-8,10-11H2. The van der Waals surface area contributed by atoms with E-state index >= 15 is 0 Å². The molecule has 0 saturated carbocycles. The summed E-state index contributed by atoms with van der Waals surface area (Å²) in [4.78, 5) is 13.7. The molecule has 1 N–H and O–H groups in total. The minimum absolute atomic E-state index is 0.235. The average molecular weight is 374 g/mol. The first-order valence-electron chi connectivity index (χ1n) is 8.26. The van der Waals surface area contributed by atoms with Gasteiger partial charge in [-0.1, -0.05) is 59.1 Å². The summed E-state index contributed by atoms with van der Waals surface area (Å²) in [5.74, 6) is -0.235. The van der Waals surface area contributed by atoms with Crippen LogP contribution in [0.5, 0.6) is 0 Å². The lowest BCUT2D eigenvalue weighted by Crippen LogP contribution is -2.37. The summed E-state index contributed by atoms with van der Waals surface area (Å²) >= 11 is 12.9. The second kappa shape index (κ2) is 6.49. The van der Waals surface area contributed by atoms with Crippen LogP contribution in [0.15, 0.2) is 42.0 Å². The van der Waals surface area contributed by atoms with Gasteiger partial charge in [0.1, 0.15) is 6.61 Å². The van der Waals surface area contributed by atoms with Gasteiger partial charge in [0.25, 0.3) is 0 Å². The van der Waals surface area contributed by atoms with Gasteiger partial charge >= 0.3 is 0 Å². The second-order valence-corrected chi connectivity index (χ2v) is 7.21. The molecule has 1 aliphatic carbocycles. The Morgan fingerprint density at radius 3 is 2.68 bits per heavy atom. The van der Waals surface area contributed by atoms with E-state index in [0.29, 0.717) is 23.1 Å². The van der Waals surface area contributed by atoms with E-state index in [1.54, 1.807) is 4.90 Å². The number of fused-ring (bicyclic) bond motifs is 2. The minimum atomic E-state index is -0.456. The van der Waals surface area contributed by atoms with Crippen LogP contribution in [0.3, 0.4) is 0 Å². The molecule has 0 spiro atoms. The Kier molecular flexibility index (Phi) is 4.32. The zero-order chi connectivity index (χ0) is 17.6. The van der Waals surface area contributed by atoms with Crippen molar-refractivity contribution in [2.24, 2.45) is 0 Å². The summed E-state index contributed by atoms with van der Waals surface area (Å²) < 4.78 is 0. The highest BCUT2D eigenvalue weighted by Crippen LogP contribution is 2.47. The highest BCUT2D eigenvalue weighted by atomic mass is 35.5. The number of hydrogen-bond donors (Lipinski definition) is 1. The molecule has 1 heterocycles. The van der Waals surface area contributed by atoms with E-state index in [1.807, 2.05) is 24.3 Å². The highest BCUT2D eigenvalue weighted by Gasteiger charge is 2.33. The van der Waals surface area contributed by atoms with Crippen LogP contribution in [0.2, 0.25) is 10.0 Å². The van der Waals surface area contributed by atoms with Crippen molar-refractivity contribution in [1.29, 1.82) is 0 Å². The van der Waals surface area contributed by atoms with Crippen molar-refractivity contribution in [1.82, 2.24) is 4.90 Å². The molecule has 0 unspecified atom stereocenters. The van der Waals surface area contributed by atoms with Crippen LogP contribution >= 0.6 is 23.2 Å². The van der Waals surface area contributed by atoms with Gasteiger partial charge in [-0.25, -0.2) is 0 Å². The predicted octanol–water partition coefficient (Wildman–Crippen LogP) is 4.19. The number of carbonyl (C=O) groups excluding carboxylic acids is 1. The molecule has 0 bridgehead atoms. The third-order valence-electron chi connectivity index (χ3n) is 5.04. The Balaban J connectivity index is 1.87. The Morgan fingerprint density at radius 1 is 1.20 bits per heavy atom. The van der Waals surface area contributed by atoms with Crippen LogP contribution in [0, 0.1) is 0 Å². The lowest BCUT2D eigenvalue weighted by atomic mass is 9.92. The van der Waals surface area contributed by atoms with Gasteiger partial charge in [0.05, 0.1) is 10.0 Å². The summed E-state index contributed by atoms with van der Waals surface area (Å²) in [6, 6.07) is 12.0. The first-order chi connectivity index (χ1) is 12.1. The number of nitrogens with zero attached hydrogens (tertiary/aromatic N) is 1. The number of hydrogen-bond acceptors (Lipinski definition) is 2. The van der Waals surface area contributed by atoms with E-state index in [4.69, 9.17) is 23.2 Å². The smallest absolute Gasteiger partial charge is 0.248 e. The molecular weight excluding hydrogens is 357 g/mol. The SMILES string of the molecule is O=C(CO)N1CCC2=C(C1)c1c(-c3ccccc3)cc(Cl)c(Cl)c1C2. The predicted molar refractivity (Wildman–Crippen MR) is 101 cm³/mol. The van der Waals surface area contributed by atoms with Gasteiger partial charge in [0, 0.05) is 13.1 Å². The number of rotatable bonds is 2. The fraction of sp³-hybridized carbons (Fsp3) is 0.250. The van der Waals surface area contributed by atoms with E-state index in [0.717, 1.165) is 40.7 Å². The van der Waals surface area contributed by atoms with Gasteiger partial charge in [-0.05, 0) is 46.7 Å². The van der Waals surface area contributed by atoms with Crippen molar-refractivity contribution in [3.05, 3.63) is 63.1 Å². The molecule has 128 valence electrons. The summed E-state index contributed by atoms with van der Waals surface area (Å²) in [5.41, 5.74) is 6.76. The third kappa shape index (κ3) is 2.77. The average Bonchev–Trinajstić information content (AvgIpc) is 3.03. The molecule has 0 aromatic heterocycles. The van der Waals surface area contributed by atoms with E-state index in [1.165, 1.54) is 5.57 Å². The lowest BCUT2D eigenvalue weighted by Gasteiger charge is -2.29. The molecular formula is C20H17Cl2NO2. The summed E-state index contributed by atoms with van der Waals surface area (Å²) in [6.45, 7) is 0.695. The maximum Gasteiger partial charge on any atom is 0.248 e. The van der Waals surface area contributed by atoms with Crippen LogP contribution in [0.4, 0.5) is 0 Å². The van der Waals surface area contributed by atoms with Crippen LogP contribution < -0.4 is 0 Å². The minimum Gasteiger partial charge on any atom is -0.387 e. The fourth-order valence-electron chi connectivity index (χ4n) is 3.81. The molecule has 2 aromatic rings. The number of aliphatic hydroxyl groups is 1. The number of benzene rings is 2. The lowest BCUT2D eigenvalue weighted by molar-refractivity contribution is -0.133. The molecule has 5 heteroatoms. The Labute approximate surface area is 156 Å². The van der Waals surface area contributed by atoms with Crippen molar-refractivity contribution in [3.63, 3.8) is 0 Å². The van der Waals surface area contributed by atoms with Crippen LogP contribution in [0.1, 0.15) is 17.5 Å². The molecule has 0 radical (unpaired) electrons. The van der Waals surface area contributed by atoms with Crippen LogP contribution in [-0.2, 0) is 11.2 Å². The zero-order valence-corrected chi connectivity index (χ0v) is 15.1. The molecule has 2 aromatic carbocycles. The molecule has 0 saturated heterocycles. The first kappa shape index (κ1) is 16.6. The molecule has 1 amide bonds. The Bertz CT molecular complexity index is 890. The van der Waals surface area contributed by atoms with Crippen molar-refractivity contribution in [2.45, 2.75) is 12.8 Å². The number of halogens is 2. The maximum atomic E-state index is 11.9. The topological polar surface area (TPSA) is 40.5 Å². The fourth-order valence-corrected chi connectivity index (χ4v) is 4.25. The van der Waals surface area contributed by atoms with Crippen molar-refractivity contribution >= 4 is 34.7 Å². The molecule has 3 nitrogen and oxygen atoms in total. The Hall–Kier alpha value is -1.81. The zero-order valence-electron chi connectivity index (χ0n) is 13.6. The van der Waals surface area contributed by atoms with Crippen molar-refractivity contribution < 1.29 is 9.90 Å². The normalized spacial score (nSPS) is 16.0.